The lowest BCUT2D eigenvalue weighted by atomic mass is 10.1. The second-order valence-electron chi connectivity index (χ2n) is 4.15. The molecule has 0 unspecified atom stereocenters. The predicted molar refractivity (Wildman–Crippen MR) is 83.3 cm³/mol. The fourth-order valence-electron chi connectivity index (χ4n) is 1.59. The van der Waals surface area contributed by atoms with Gasteiger partial charge in [0.05, 0.1) is 22.9 Å². The van der Waals surface area contributed by atoms with Crippen LogP contribution in [0.5, 0.6) is 5.75 Å². The molecule has 0 saturated heterocycles. The van der Waals surface area contributed by atoms with E-state index in [9.17, 15) is 10.2 Å². The molecular weight excluding hydrogens is 335 g/mol. The monoisotopic (exact) mass is 346 g/mol. The van der Waals surface area contributed by atoms with Crippen molar-refractivity contribution in [3.05, 3.63) is 43.3 Å². The Labute approximate surface area is 135 Å². The number of hydrogen-bond donors (Lipinski definition) is 2. The number of aliphatic hydroxyl groups excluding tert-OH is 1. The molecule has 0 aliphatic carbocycles. The molecular formula is C13H12Cl2N2O3S. The van der Waals surface area contributed by atoms with Crippen LogP contribution < -0.4 is 0 Å². The van der Waals surface area contributed by atoms with Crippen molar-refractivity contribution in [2.24, 2.45) is 5.16 Å². The molecule has 8 heteroatoms. The van der Waals surface area contributed by atoms with E-state index in [0.29, 0.717) is 25.5 Å². The molecule has 112 valence electrons. The molecule has 21 heavy (non-hydrogen) atoms. The summed E-state index contributed by atoms with van der Waals surface area (Å²) in [5.41, 5.74) is 2.02. The number of oxime groups is 1. The molecule has 0 fully saturated rings. The minimum absolute atomic E-state index is 0.0366. The third-order valence-corrected chi connectivity index (χ3v) is 4.30. The predicted octanol–water partition coefficient (Wildman–Crippen LogP) is 3.51. The van der Waals surface area contributed by atoms with Gasteiger partial charge in [0.15, 0.2) is 0 Å². The van der Waals surface area contributed by atoms with Gasteiger partial charge in [-0.2, -0.15) is 0 Å². The van der Waals surface area contributed by atoms with Gasteiger partial charge in [-0.05, 0) is 13.0 Å². The van der Waals surface area contributed by atoms with Crippen molar-refractivity contribution in [1.82, 2.24) is 4.98 Å². The molecule has 0 radical (unpaired) electrons. The van der Waals surface area contributed by atoms with E-state index in [4.69, 9.17) is 28.0 Å². The van der Waals surface area contributed by atoms with E-state index in [2.05, 4.69) is 10.1 Å². The number of thiophene rings is 1. The molecule has 2 aromatic rings. The summed E-state index contributed by atoms with van der Waals surface area (Å²) in [6, 6.07) is 1.71. The maximum absolute atomic E-state index is 9.92. The van der Waals surface area contributed by atoms with Crippen molar-refractivity contribution in [3.63, 3.8) is 0 Å². The topological polar surface area (TPSA) is 74.9 Å². The fourth-order valence-corrected chi connectivity index (χ4v) is 3.05. The normalized spacial score (nSPS) is 11.2. The number of aryl methyl sites for hydroxylation is 1. The molecule has 0 aliphatic rings. The van der Waals surface area contributed by atoms with Gasteiger partial charge in [-0.1, -0.05) is 28.4 Å². The quantitative estimate of drug-likeness (QED) is 0.641. The van der Waals surface area contributed by atoms with Crippen LogP contribution in [-0.2, 0) is 18.1 Å². The number of pyridine rings is 1. The average molecular weight is 347 g/mol. The third-order valence-electron chi connectivity index (χ3n) is 2.73. The lowest BCUT2D eigenvalue weighted by molar-refractivity contribution is 0.132. The number of hydrogen-bond acceptors (Lipinski definition) is 6. The molecule has 2 heterocycles. The molecule has 2 N–H and O–H groups in total. The van der Waals surface area contributed by atoms with Crippen molar-refractivity contribution in [2.75, 3.05) is 0 Å². The van der Waals surface area contributed by atoms with Gasteiger partial charge in [0.1, 0.15) is 16.7 Å². The van der Waals surface area contributed by atoms with Crippen LogP contribution >= 0.6 is 34.5 Å². The molecule has 5 nitrogen and oxygen atoms in total. The minimum atomic E-state index is -0.256. The molecule has 0 bridgehead atoms. The maximum Gasteiger partial charge on any atom is 0.146 e. The summed E-state index contributed by atoms with van der Waals surface area (Å²) in [6.45, 7) is 1.56. The van der Waals surface area contributed by atoms with Gasteiger partial charge in [0.25, 0.3) is 0 Å². The van der Waals surface area contributed by atoms with Crippen LogP contribution in [0.4, 0.5) is 0 Å². The summed E-state index contributed by atoms with van der Waals surface area (Å²) in [7, 11) is 0. The Hall–Kier alpha value is -1.34. The summed E-state index contributed by atoms with van der Waals surface area (Å²) in [5.74, 6) is -0.0366. The Morgan fingerprint density at radius 2 is 2.19 bits per heavy atom. The van der Waals surface area contributed by atoms with Crippen LogP contribution in [0.1, 0.15) is 22.4 Å². The molecule has 0 aliphatic heterocycles. The molecule has 2 rings (SSSR count). The summed E-state index contributed by atoms with van der Waals surface area (Å²) < 4.78 is 1.13. The Kier molecular flexibility index (Phi) is 5.41. The van der Waals surface area contributed by atoms with Crippen LogP contribution in [0.2, 0.25) is 8.67 Å². The first kappa shape index (κ1) is 16.0. The largest absolute Gasteiger partial charge is 0.505 e. The zero-order chi connectivity index (χ0) is 15.4. The van der Waals surface area contributed by atoms with Gasteiger partial charge in [-0.25, -0.2) is 0 Å². The summed E-state index contributed by atoms with van der Waals surface area (Å²) >= 11 is 13.0. The third kappa shape index (κ3) is 3.85. The minimum Gasteiger partial charge on any atom is -0.505 e. The van der Waals surface area contributed by atoms with Crippen LogP contribution in [0, 0.1) is 6.92 Å². The Balaban J connectivity index is 2.08. The van der Waals surface area contributed by atoms with E-state index in [1.807, 2.05) is 0 Å². The van der Waals surface area contributed by atoms with Crippen LogP contribution in [0.25, 0.3) is 0 Å². The fraction of sp³-hybridized carbons (Fsp3) is 0.231. The summed E-state index contributed by atoms with van der Waals surface area (Å²) in [5, 5.41) is 22.9. The first-order chi connectivity index (χ1) is 10.0. The van der Waals surface area contributed by atoms with E-state index in [1.165, 1.54) is 23.7 Å². The highest BCUT2D eigenvalue weighted by Gasteiger charge is 2.10. The lowest BCUT2D eigenvalue weighted by Crippen LogP contribution is -1.98. The van der Waals surface area contributed by atoms with Gasteiger partial charge in [0.2, 0.25) is 0 Å². The Morgan fingerprint density at radius 1 is 1.43 bits per heavy atom. The van der Waals surface area contributed by atoms with Gasteiger partial charge < -0.3 is 15.1 Å². The maximum atomic E-state index is 9.92. The van der Waals surface area contributed by atoms with E-state index < -0.39 is 0 Å². The number of aliphatic hydroxyl groups is 1. The number of aromatic nitrogens is 1. The van der Waals surface area contributed by atoms with E-state index >= 15 is 0 Å². The second kappa shape index (κ2) is 7.09. The lowest BCUT2D eigenvalue weighted by Gasteiger charge is -2.06. The molecule has 0 saturated carbocycles. The van der Waals surface area contributed by atoms with Gasteiger partial charge in [-0.3, -0.25) is 4.98 Å². The zero-order valence-electron chi connectivity index (χ0n) is 11.0. The number of halogens is 2. The van der Waals surface area contributed by atoms with Crippen LogP contribution in [0.15, 0.2) is 17.4 Å². The van der Waals surface area contributed by atoms with Gasteiger partial charge in [-0.15, -0.1) is 11.3 Å². The highest BCUT2D eigenvalue weighted by Crippen LogP contribution is 2.31. The standard InChI is InChI=1S/C13H12Cl2N2O3S/c1-7-12(19)10(9(5-18)3-16-7)4-17-20-6-8-2-11(14)21-13(8)15/h2-4,18-19H,5-6H2,1H3. The van der Waals surface area contributed by atoms with E-state index in [1.54, 1.807) is 13.0 Å². The number of nitrogens with zero attached hydrogens (tertiary/aromatic N) is 2. The first-order valence-corrected chi connectivity index (χ1v) is 7.47. The Bertz CT molecular complexity index is 674. The smallest absolute Gasteiger partial charge is 0.146 e. The molecule has 2 aromatic heterocycles. The molecule has 0 spiro atoms. The van der Waals surface area contributed by atoms with Crippen molar-refractivity contribution < 1.29 is 15.1 Å². The molecule has 0 atom stereocenters. The van der Waals surface area contributed by atoms with Crippen LogP contribution in [0.3, 0.4) is 0 Å². The first-order valence-electron chi connectivity index (χ1n) is 5.90. The van der Waals surface area contributed by atoms with Crippen LogP contribution in [-0.4, -0.2) is 21.4 Å². The number of aromatic hydroxyl groups is 1. The SMILES string of the molecule is Cc1ncc(CO)c(C=NOCc2cc(Cl)sc2Cl)c1O. The van der Waals surface area contributed by atoms with Gasteiger partial charge >= 0.3 is 0 Å². The van der Waals surface area contributed by atoms with Crippen molar-refractivity contribution >= 4 is 40.8 Å². The molecule has 0 aromatic carbocycles. The number of rotatable bonds is 5. The van der Waals surface area contributed by atoms with E-state index in [-0.39, 0.29) is 19.0 Å². The molecule has 0 amide bonds. The summed E-state index contributed by atoms with van der Waals surface area (Å²) in [4.78, 5) is 9.09. The highest BCUT2D eigenvalue weighted by molar-refractivity contribution is 7.20. The zero-order valence-corrected chi connectivity index (χ0v) is 13.3. The second-order valence-corrected chi connectivity index (χ2v) is 6.43. The highest BCUT2D eigenvalue weighted by atomic mass is 35.5. The van der Waals surface area contributed by atoms with Gasteiger partial charge in [0, 0.05) is 22.9 Å². The van der Waals surface area contributed by atoms with Crippen molar-refractivity contribution in [1.29, 1.82) is 0 Å². The summed E-state index contributed by atoms with van der Waals surface area (Å²) in [6.07, 6.45) is 2.81. The van der Waals surface area contributed by atoms with Crippen molar-refractivity contribution in [3.8, 4) is 5.75 Å². The Morgan fingerprint density at radius 3 is 2.81 bits per heavy atom. The van der Waals surface area contributed by atoms with Crippen molar-refractivity contribution in [2.45, 2.75) is 20.1 Å². The average Bonchev–Trinajstić information content (AvgIpc) is 2.77. The van der Waals surface area contributed by atoms with E-state index in [0.717, 1.165) is 5.56 Å².